The third kappa shape index (κ3) is 14.4. The molecular weight excluding hydrogens is 240 g/mol. The van der Waals surface area contributed by atoms with Gasteiger partial charge in [0.1, 0.15) is 0 Å². The predicted octanol–water partition coefficient (Wildman–Crippen LogP) is 5.37. The first kappa shape index (κ1) is 18.3. The van der Waals surface area contributed by atoms with Crippen LogP contribution in [0.2, 0.25) is 0 Å². The van der Waals surface area contributed by atoms with Crippen LogP contribution in [0.3, 0.4) is 0 Å². The molecule has 1 atom stereocenters. The van der Waals surface area contributed by atoms with Gasteiger partial charge in [-0.2, -0.15) is 12.6 Å². The molecule has 1 N–H and O–H groups in total. The van der Waals surface area contributed by atoms with Crippen molar-refractivity contribution in [2.75, 3.05) is 6.61 Å². The predicted molar refractivity (Wildman–Crippen MR) is 85.6 cm³/mol. The van der Waals surface area contributed by atoms with Crippen LogP contribution in [0.25, 0.3) is 0 Å². The second-order valence-electron chi connectivity index (χ2n) is 5.49. The van der Waals surface area contributed by atoms with Gasteiger partial charge in [0.05, 0.1) is 0 Å². The Hall–Kier alpha value is 0.310. The molecule has 1 nitrogen and oxygen atoms in total. The van der Waals surface area contributed by atoms with E-state index in [1.165, 1.54) is 70.6 Å². The lowest BCUT2D eigenvalue weighted by atomic mass is 10.0. The molecule has 110 valence electrons. The number of aliphatic hydroxyl groups is 1. The Morgan fingerprint density at radius 3 is 1.67 bits per heavy atom. The third-order valence-corrected chi connectivity index (χ3v) is 4.10. The van der Waals surface area contributed by atoms with Gasteiger partial charge in [-0.05, 0) is 19.3 Å². The van der Waals surface area contributed by atoms with Crippen LogP contribution in [0.5, 0.6) is 0 Å². The maximum absolute atomic E-state index is 8.69. The second-order valence-corrected chi connectivity index (χ2v) is 6.22. The molecule has 0 aliphatic heterocycles. The molecule has 2 heteroatoms. The summed E-state index contributed by atoms with van der Waals surface area (Å²) in [5, 5.41) is 9.28. The summed E-state index contributed by atoms with van der Waals surface area (Å²) in [6, 6.07) is 0. The molecule has 0 bridgehead atoms. The summed E-state index contributed by atoms with van der Waals surface area (Å²) in [7, 11) is 0. The summed E-state index contributed by atoms with van der Waals surface area (Å²) in [5.41, 5.74) is 0. The molecule has 0 saturated carbocycles. The molecule has 1 unspecified atom stereocenters. The van der Waals surface area contributed by atoms with E-state index in [9.17, 15) is 0 Å². The van der Waals surface area contributed by atoms with E-state index in [4.69, 9.17) is 5.11 Å². The van der Waals surface area contributed by atoms with E-state index in [1.807, 2.05) is 0 Å². The number of aliphatic hydroxyl groups excluding tert-OH is 1. The van der Waals surface area contributed by atoms with Crippen LogP contribution < -0.4 is 0 Å². The van der Waals surface area contributed by atoms with Crippen LogP contribution in [0.1, 0.15) is 90.4 Å². The third-order valence-electron chi connectivity index (χ3n) is 3.59. The average Bonchev–Trinajstić information content (AvgIpc) is 2.38. The maximum Gasteiger partial charge on any atom is 0.0431 e. The van der Waals surface area contributed by atoms with Crippen molar-refractivity contribution >= 4 is 12.6 Å². The molecule has 0 aromatic carbocycles. The molecule has 0 aromatic rings. The van der Waals surface area contributed by atoms with Gasteiger partial charge in [0.25, 0.3) is 0 Å². The smallest absolute Gasteiger partial charge is 0.0431 e. The van der Waals surface area contributed by atoms with Crippen LogP contribution >= 0.6 is 12.6 Å². The molecule has 0 aliphatic rings. The topological polar surface area (TPSA) is 20.2 Å². The van der Waals surface area contributed by atoms with Crippen LogP contribution in [0.15, 0.2) is 0 Å². The Labute approximate surface area is 120 Å². The Morgan fingerprint density at radius 1 is 0.722 bits per heavy atom. The fourth-order valence-electron chi connectivity index (χ4n) is 2.33. The number of hydrogen-bond donors (Lipinski definition) is 2. The first-order valence-corrected chi connectivity index (χ1v) is 8.61. The van der Waals surface area contributed by atoms with Gasteiger partial charge in [0.2, 0.25) is 0 Å². The summed E-state index contributed by atoms with van der Waals surface area (Å²) in [4.78, 5) is 0. The van der Waals surface area contributed by atoms with Crippen LogP contribution in [0, 0.1) is 0 Å². The van der Waals surface area contributed by atoms with Crippen molar-refractivity contribution in [3.8, 4) is 0 Å². The largest absolute Gasteiger partial charge is 0.396 e. The van der Waals surface area contributed by atoms with Gasteiger partial charge in [0, 0.05) is 11.9 Å². The van der Waals surface area contributed by atoms with Crippen LogP contribution in [0.4, 0.5) is 0 Å². The SMILES string of the molecule is CCCCCCCCCCC(S)CCCCCO. The zero-order valence-electron chi connectivity index (χ0n) is 12.4. The second kappa shape index (κ2) is 15.4. The van der Waals surface area contributed by atoms with Crippen LogP contribution in [-0.4, -0.2) is 17.0 Å². The van der Waals surface area contributed by atoms with Crippen molar-refractivity contribution in [1.29, 1.82) is 0 Å². The standard InChI is InChI=1S/C16H34OS/c1-2-3-4-5-6-7-8-10-13-16(18)14-11-9-12-15-17/h16-18H,2-15H2,1H3. The highest BCUT2D eigenvalue weighted by Gasteiger charge is 2.02. The highest BCUT2D eigenvalue weighted by Crippen LogP contribution is 2.17. The molecule has 0 aromatic heterocycles. The van der Waals surface area contributed by atoms with Crippen molar-refractivity contribution in [2.24, 2.45) is 0 Å². The van der Waals surface area contributed by atoms with E-state index in [0.29, 0.717) is 11.9 Å². The van der Waals surface area contributed by atoms with Gasteiger partial charge >= 0.3 is 0 Å². The van der Waals surface area contributed by atoms with Crippen molar-refractivity contribution in [3.05, 3.63) is 0 Å². The number of hydrogen-bond acceptors (Lipinski definition) is 2. The lowest BCUT2D eigenvalue weighted by molar-refractivity contribution is 0.282. The monoisotopic (exact) mass is 274 g/mol. The minimum absolute atomic E-state index is 0.343. The van der Waals surface area contributed by atoms with Crippen LogP contribution in [-0.2, 0) is 0 Å². The summed E-state index contributed by atoms with van der Waals surface area (Å²) in [6.45, 7) is 2.61. The van der Waals surface area contributed by atoms with Gasteiger partial charge in [0.15, 0.2) is 0 Å². The molecule has 0 heterocycles. The van der Waals surface area contributed by atoms with Crippen molar-refractivity contribution in [1.82, 2.24) is 0 Å². The minimum atomic E-state index is 0.343. The molecule has 0 rings (SSSR count). The highest BCUT2D eigenvalue weighted by atomic mass is 32.1. The van der Waals surface area contributed by atoms with E-state index in [2.05, 4.69) is 19.6 Å². The van der Waals surface area contributed by atoms with E-state index >= 15 is 0 Å². The van der Waals surface area contributed by atoms with Crippen molar-refractivity contribution in [3.63, 3.8) is 0 Å². The van der Waals surface area contributed by atoms with Gasteiger partial charge in [-0.3, -0.25) is 0 Å². The summed E-state index contributed by atoms with van der Waals surface area (Å²) >= 11 is 4.64. The summed E-state index contributed by atoms with van der Waals surface area (Å²) in [6.07, 6.45) is 17.0. The lowest BCUT2D eigenvalue weighted by Crippen LogP contribution is -1.99. The maximum atomic E-state index is 8.69. The number of rotatable bonds is 14. The van der Waals surface area contributed by atoms with Crippen molar-refractivity contribution in [2.45, 2.75) is 95.6 Å². The Balaban J connectivity index is 3.08. The Bertz CT molecular complexity index is 150. The van der Waals surface area contributed by atoms with Gasteiger partial charge < -0.3 is 5.11 Å². The fourth-order valence-corrected chi connectivity index (χ4v) is 2.69. The molecule has 0 aliphatic carbocycles. The van der Waals surface area contributed by atoms with Crippen molar-refractivity contribution < 1.29 is 5.11 Å². The summed E-state index contributed by atoms with van der Waals surface area (Å²) < 4.78 is 0. The van der Waals surface area contributed by atoms with E-state index in [1.54, 1.807) is 0 Å². The molecule has 0 saturated heterocycles. The Morgan fingerprint density at radius 2 is 1.17 bits per heavy atom. The fraction of sp³-hybridized carbons (Fsp3) is 1.00. The average molecular weight is 275 g/mol. The lowest BCUT2D eigenvalue weighted by Gasteiger charge is -2.10. The molecular formula is C16H34OS. The highest BCUT2D eigenvalue weighted by molar-refractivity contribution is 7.80. The molecule has 0 spiro atoms. The zero-order chi connectivity index (χ0) is 13.5. The quantitative estimate of drug-likeness (QED) is 0.322. The summed E-state index contributed by atoms with van der Waals surface area (Å²) in [5.74, 6) is 0. The van der Waals surface area contributed by atoms with Gasteiger partial charge in [-0.15, -0.1) is 0 Å². The van der Waals surface area contributed by atoms with Gasteiger partial charge in [-0.1, -0.05) is 71.1 Å². The Kier molecular flexibility index (Phi) is 15.6. The normalized spacial score (nSPS) is 12.8. The minimum Gasteiger partial charge on any atom is -0.396 e. The zero-order valence-corrected chi connectivity index (χ0v) is 13.3. The molecule has 0 radical (unpaired) electrons. The molecule has 0 fully saturated rings. The number of thiol groups is 1. The van der Waals surface area contributed by atoms with E-state index in [0.717, 1.165) is 12.8 Å². The first-order valence-electron chi connectivity index (χ1n) is 8.10. The van der Waals surface area contributed by atoms with E-state index < -0.39 is 0 Å². The van der Waals surface area contributed by atoms with E-state index in [-0.39, 0.29) is 0 Å². The molecule has 18 heavy (non-hydrogen) atoms. The van der Waals surface area contributed by atoms with Gasteiger partial charge in [-0.25, -0.2) is 0 Å². The first-order chi connectivity index (χ1) is 8.81. The number of unbranched alkanes of at least 4 members (excludes halogenated alkanes) is 9. The molecule has 0 amide bonds.